The number of halogens is 4. The van der Waals surface area contributed by atoms with Crippen LogP contribution in [0.5, 0.6) is 0 Å². The van der Waals surface area contributed by atoms with Crippen molar-refractivity contribution in [2.75, 3.05) is 0 Å². The van der Waals surface area contributed by atoms with Crippen molar-refractivity contribution in [3.63, 3.8) is 0 Å². The highest BCUT2D eigenvalue weighted by Crippen LogP contribution is 2.86. The van der Waals surface area contributed by atoms with Crippen molar-refractivity contribution in [1.29, 1.82) is 0 Å². The zero-order chi connectivity index (χ0) is 4.50. The molecule has 0 amide bonds. The molecule has 0 aromatic carbocycles. The van der Waals surface area contributed by atoms with Crippen molar-refractivity contribution < 1.29 is 0 Å². The van der Waals surface area contributed by atoms with E-state index in [2.05, 4.69) is 68.5 Å². The molecule has 0 N–H and O–H groups in total. The van der Waals surface area contributed by atoms with E-state index in [4.69, 9.17) is 0 Å². The average Bonchev–Trinajstić information content (AvgIpc) is 0.722. The molecule has 5 heteroatoms. The molecule has 0 rings (SSSR count). The maximum absolute atomic E-state index is 3.31. The molecule has 0 aliphatic heterocycles. The quantitative estimate of drug-likeness (QED) is 0.423. The second kappa shape index (κ2) is 2.80. The monoisotopic (exact) mass is 395 g/mol. The van der Waals surface area contributed by atoms with Crippen LogP contribution in [0.2, 0.25) is 0 Å². The summed E-state index contributed by atoms with van der Waals surface area (Å²) in [5, 5.41) is 0. The summed E-state index contributed by atoms with van der Waals surface area (Å²) in [5.74, 6) is 0. The second-order valence-electron chi connectivity index (χ2n) is 0.383. The maximum Gasteiger partial charge on any atom is 0.279 e. The Hall–Kier alpha value is 2.60. The Morgan fingerprint density at radius 2 is 1.20 bits per heavy atom. The topological polar surface area (TPSA) is 0 Å². The molecule has 0 saturated heterocycles. The van der Waals surface area contributed by atoms with Gasteiger partial charge in [0.05, 0.1) is 0 Å². The summed E-state index contributed by atoms with van der Waals surface area (Å²) in [5.41, 5.74) is 0. The second-order valence-corrected chi connectivity index (χ2v) is 35.6. The van der Waals surface area contributed by atoms with Gasteiger partial charge in [0.1, 0.15) is 0 Å². The van der Waals surface area contributed by atoms with Crippen LogP contribution in [-0.2, 0) is 0 Å². The molecule has 0 aromatic rings. The summed E-state index contributed by atoms with van der Waals surface area (Å²) >= 11 is 12.2. The van der Waals surface area contributed by atoms with Gasteiger partial charge in [-0.2, -0.15) is 0 Å². The van der Waals surface area contributed by atoms with Crippen LogP contribution in [0.1, 0.15) is 0 Å². The van der Waals surface area contributed by atoms with Crippen molar-refractivity contribution in [1.82, 2.24) is 0 Å². The Labute approximate surface area is 68.5 Å². The number of rotatable bonds is 0. The summed E-state index contributed by atoms with van der Waals surface area (Å²) in [6.45, 7) is 0. The Morgan fingerprint density at radius 1 is 1.20 bits per heavy atom. The van der Waals surface area contributed by atoms with Gasteiger partial charge in [0.2, 0.25) is 0 Å². The van der Waals surface area contributed by atoms with Crippen molar-refractivity contribution in [3.8, 4) is 0 Å². The van der Waals surface area contributed by atoms with Crippen molar-refractivity contribution in [3.05, 3.63) is 0 Å². The highest BCUT2D eigenvalue weighted by Gasteiger charge is 2.23. The molecule has 0 radical (unpaired) electrons. The van der Waals surface area contributed by atoms with E-state index in [9.17, 15) is 0 Å². The zero-order valence-corrected chi connectivity index (χ0v) is 9.77. The SMILES string of the molecule is Br[P+](Br)(Br)I. The molecular weight excluding hydrogens is 398 g/mol. The van der Waals surface area contributed by atoms with Crippen LogP contribution in [0.15, 0.2) is 0 Å². The van der Waals surface area contributed by atoms with Crippen LogP contribution in [0.3, 0.4) is 0 Å². The standard InChI is InChI=1S/Br3IP/c1-5(2,3)4/q+1. The van der Waals surface area contributed by atoms with Crippen LogP contribution in [0, 0.1) is 0 Å². The fourth-order valence-corrected chi connectivity index (χ4v) is 0. The summed E-state index contributed by atoms with van der Waals surface area (Å²) < 4.78 is -0.981. The lowest BCUT2D eigenvalue weighted by Gasteiger charge is -1.77. The van der Waals surface area contributed by atoms with Gasteiger partial charge < -0.3 is 0 Å². The van der Waals surface area contributed by atoms with E-state index in [0.29, 0.717) is 0 Å². The van der Waals surface area contributed by atoms with E-state index < -0.39 is 1.01 Å². The third-order valence-corrected chi connectivity index (χ3v) is 0. The van der Waals surface area contributed by atoms with Crippen molar-refractivity contribution in [2.45, 2.75) is 0 Å². The van der Waals surface area contributed by atoms with E-state index in [1.807, 2.05) is 0 Å². The van der Waals surface area contributed by atoms with E-state index in [0.717, 1.165) is 0 Å². The first-order valence-corrected chi connectivity index (χ1v) is 11.3. The first kappa shape index (κ1) is 7.60. The van der Waals surface area contributed by atoms with Crippen LogP contribution in [0.25, 0.3) is 0 Å². The smallest absolute Gasteiger partial charge is 0.176 e. The Kier molecular flexibility index (Phi) is 4.25. The van der Waals surface area contributed by atoms with Gasteiger partial charge in [-0.25, -0.2) is 0 Å². The molecule has 0 heterocycles. The molecule has 0 bridgehead atoms. The first-order chi connectivity index (χ1) is 2.00. The van der Waals surface area contributed by atoms with Crippen molar-refractivity contribution in [2.24, 2.45) is 0 Å². The fraction of sp³-hybridized carbons (Fsp3) is 0. The van der Waals surface area contributed by atoms with E-state index >= 15 is 0 Å². The molecule has 0 atom stereocenters. The highest BCUT2D eigenvalue weighted by atomic mass is 127. The molecule has 32 valence electrons. The minimum absolute atomic E-state index is 0.981. The summed E-state index contributed by atoms with van der Waals surface area (Å²) in [7, 11) is 0. The third kappa shape index (κ3) is 20.7. The first-order valence-electron chi connectivity index (χ1n) is 0.676. The van der Waals surface area contributed by atoms with Crippen molar-refractivity contribution >= 4 is 69.5 Å². The molecule has 0 aliphatic carbocycles. The largest absolute Gasteiger partial charge is 0.279 e. The predicted octanol–water partition coefficient (Wildman–Crippen LogP) is 4.28. The normalized spacial score (nSPS) is 12.0. The molecule has 0 saturated carbocycles. The van der Waals surface area contributed by atoms with E-state index in [1.54, 1.807) is 0 Å². The lowest BCUT2D eigenvalue weighted by molar-refractivity contribution is 5.83. The summed E-state index contributed by atoms with van der Waals surface area (Å²) in [6, 6.07) is 0. The Morgan fingerprint density at radius 3 is 1.20 bits per heavy atom. The zero-order valence-electron chi connectivity index (χ0n) is 1.96. The molecule has 0 spiro atoms. The van der Waals surface area contributed by atoms with E-state index in [1.165, 1.54) is 0 Å². The molecule has 0 fully saturated rings. The van der Waals surface area contributed by atoms with Gasteiger partial charge in [-0.1, -0.05) is 0 Å². The maximum atomic E-state index is 3.31. The average molecular weight is 398 g/mol. The number of hydrogen-bond donors (Lipinski definition) is 0. The van der Waals surface area contributed by atoms with Gasteiger partial charge in [-0.15, -0.1) is 0 Å². The molecule has 0 aromatic heterocycles. The minimum atomic E-state index is -0.981. The van der Waals surface area contributed by atoms with Gasteiger partial charge in [0, 0.05) is 0 Å². The van der Waals surface area contributed by atoms with Crippen LogP contribution >= 0.6 is 69.5 Å². The molecule has 0 nitrogen and oxygen atoms in total. The van der Waals surface area contributed by atoms with Gasteiger partial charge >= 0.3 is 0 Å². The lowest BCUT2D eigenvalue weighted by atomic mass is 30.9. The van der Waals surface area contributed by atoms with E-state index in [-0.39, 0.29) is 0 Å². The van der Waals surface area contributed by atoms with Gasteiger partial charge in [-0.05, 0) is 0 Å². The van der Waals surface area contributed by atoms with Gasteiger partial charge in [0.15, 0.2) is 68.5 Å². The fourth-order valence-electron chi connectivity index (χ4n) is 0. The van der Waals surface area contributed by atoms with Gasteiger partial charge in [-0.3, -0.25) is 0 Å². The molecule has 0 unspecified atom stereocenters. The molecule has 5 heavy (non-hydrogen) atoms. The minimum Gasteiger partial charge on any atom is 0.176 e. The summed E-state index contributed by atoms with van der Waals surface area (Å²) in [4.78, 5) is 0. The summed E-state index contributed by atoms with van der Waals surface area (Å²) in [6.07, 6.45) is 0. The lowest BCUT2D eigenvalue weighted by Crippen LogP contribution is -1.14. The molecular formula is Br3IP+. The van der Waals surface area contributed by atoms with Crippen LogP contribution in [-0.4, -0.2) is 0 Å². The third-order valence-electron chi connectivity index (χ3n) is 0. The van der Waals surface area contributed by atoms with Gasteiger partial charge in [0.25, 0.3) is 1.01 Å². The molecule has 0 aliphatic rings. The Bertz CT molecular complexity index is 22.4. The van der Waals surface area contributed by atoms with Crippen LogP contribution in [0.4, 0.5) is 0 Å². The predicted molar refractivity (Wildman–Crippen MR) is 47.7 cm³/mol. The Balaban J connectivity index is 3.02. The number of hydrogen-bond acceptors (Lipinski definition) is 0. The highest BCUT2D eigenvalue weighted by molar-refractivity contribution is 14.2. The van der Waals surface area contributed by atoms with Crippen LogP contribution < -0.4 is 0 Å².